The van der Waals surface area contributed by atoms with E-state index in [4.69, 9.17) is 14.2 Å². The maximum absolute atomic E-state index is 12.8. The number of anilines is 1. The quantitative estimate of drug-likeness (QED) is 0.708. The fourth-order valence-electron chi connectivity index (χ4n) is 3.21. The highest BCUT2D eigenvalue weighted by atomic mass is 16.5. The van der Waals surface area contributed by atoms with Gasteiger partial charge in [-0.1, -0.05) is 26.2 Å². The molecule has 1 amide bonds. The smallest absolute Gasteiger partial charge is 0.341 e. The number of carbonyl (C=O) groups excluding carboxylic acids is 2. The van der Waals surface area contributed by atoms with E-state index < -0.39 is 11.6 Å². The summed E-state index contributed by atoms with van der Waals surface area (Å²) in [6.07, 6.45) is 5.31. The van der Waals surface area contributed by atoms with Crippen molar-refractivity contribution < 1.29 is 23.8 Å². The molecule has 0 atom stereocenters. The summed E-state index contributed by atoms with van der Waals surface area (Å²) in [5.74, 6) is -0.173. The van der Waals surface area contributed by atoms with Gasteiger partial charge in [0.05, 0.1) is 13.2 Å². The monoisotopic (exact) mass is 363 g/mol. The van der Waals surface area contributed by atoms with Gasteiger partial charge < -0.3 is 19.5 Å². The van der Waals surface area contributed by atoms with Crippen molar-refractivity contribution >= 4 is 17.6 Å². The summed E-state index contributed by atoms with van der Waals surface area (Å²) in [5.41, 5.74) is 0.0526. The van der Waals surface area contributed by atoms with Crippen LogP contribution in [-0.4, -0.2) is 37.8 Å². The number of ether oxygens (including phenoxy) is 3. The molecule has 1 aliphatic rings. The third kappa shape index (κ3) is 4.75. The molecule has 26 heavy (non-hydrogen) atoms. The first-order valence-electron chi connectivity index (χ1n) is 9.37. The number of nitrogens with one attached hydrogen (secondary N) is 1. The summed E-state index contributed by atoms with van der Waals surface area (Å²) >= 11 is 0. The first-order valence-corrected chi connectivity index (χ1v) is 9.37. The molecule has 1 saturated carbocycles. The fourth-order valence-corrected chi connectivity index (χ4v) is 3.21. The van der Waals surface area contributed by atoms with Crippen LogP contribution in [0.2, 0.25) is 0 Å². The highest BCUT2D eigenvalue weighted by Crippen LogP contribution is 2.33. The number of hydrogen-bond donors (Lipinski definition) is 1. The van der Waals surface area contributed by atoms with Crippen molar-refractivity contribution in [3.8, 4) is 5.75 Å². The maximum Gasteiger partial charge on any atom is 0.341 e. The molecule has 6 heteroatoms. The molecule has 1 aromatic rings. The molecule has 0 radical (unpaired) electrons. The van der Waals surface area contributed by atoms with Crippen LogP contribution in [0.15, 0.2) is 18.2 Å². The first kappa shape index (κ1) is 20.2. The van der Waals surface area contributed by atoms with Gasteiger partial charge in [-0.2, -0.15) is 0 Å². The van der Waals surface area contributed by atoms with Crippen LogP contribution in [-0.2, 0) is 14.3 Å². The van der Waals surface area contributed by atoms with Crippen molar-refractivity contribution in [1.82, 2.24) is 0 Å². The van der Waals surface area contributed by atoms with Gasteiger partial charge in [0.2, 0.25) is 0 Å². The average Bonchev–Trinajstić information content (AvgIpc) is 2.67. The number of benzene rings is 1. The lowest BCUT2D eigenvalue weighted by molar-refractivity contribution is -0.141. The van der Waals surface area contributed by atoms with E-state index in [1.54, 1.807) is 32.2 Å². The SMILES string of the molecule is CCCOc1ccc(NC(=O)C2(OC)CCCCC2)cc1C(=O)OCC. The molecule has 0 aliphatic heterocycles. The summed E-state index contributed by atoms with van der Waals surface area (Å²) in [4.78, 5) is 25.0. The largest absolute Gasteiger partial charge is 0.493 e. The molecule has 2 rings (SSSR count). The Morgan fingerprint density at radius 2 is 1.88 bits per heavy atom. The molecule has 0 saturated heterocycles. The molecular formula is C20H29NO5. The summed E-state index contributed by atoms with van der Waals surface area (Å²) in [5, 5.41) is 2.90. The summed E-state index contributed by atoms with van der Waals surface area (Å²) in [7, 11) is 1.58. The second kappa shape index (κ2) is 9.57. The van der Waals surface area contributed by atoms with Crippen molar-refractivity contribution in [2.45, 2.75) is 58.0 Å². The van der Waals surface area contributed by atoms with Crippen LogP contribution in [0.5, 0.6) is 5.75 Å². The Morgan fingerprint density at radius 3 is 2.50 bits per heavy atom. The predicted molar refractivity (Wildman–Crippen MR) is 99.6 cm³/mol. The minimum Gasteiger partial charge on any atom is -0.493 e. The van der Waals surface area contributed by atoms with Gasteiger partial charge in [0.15, 0.2) is 0 Å². The molecule has 1 aromatic carbocycles. The number of carbonyl (C=O) groups is 2. The van der Waals surface area contributed by atoms with Crippen LogP contribution < -0.4 is 10.1 Å². The van der Waals surface area contributed by atoms with Gasteiger partial charge in [-0.25, -0.2) is 4.79 Å². The van der Waals surface area contributed by atoms with E-state index in [9.17, 15) is 9.59 Å². The number of hydrogen-bond acceptors (Lipinski definition) is 5. The number of rotatable bonds is 8. The van der Waals surface area contributed by atoms with Crippen molar-refractivity contribution in [2.75, 3.05) is 25.6 Å². The van der Waals surface area contributed by atoms with E-state index in [0.29, 0.717) is 36.4 Å². The van der Waals surface area contributed by atoms with Crippen LogP contribution in [0.25, 0.3) is 0 Å². The van der Waals surface area contributed by atoms with Gasteiger partial charge in [0.1, 0.15) is 16.9 Å². The molecule has 1 N–H and O–H groups in total. The van der Waals surface area contributed by atoms with E-state index >= 15 is 0 Å². The highest BCUT2D eigenvalue weighted by molar-refractivity contribution is 5.99. The van der Waals surface area contributed by atoms with Crippen LogP contribution in [0, 0.1) is 0 Å². The lowest BCUT2D eigenvalue weighted by Crippen LogP contribution is -2.46. The second-order valence-electron chi connectivity index (χ2n) is 6.49. The zero-order valence-corrected chi connectivity index (χ0v) is 15.9. The van der Waals surface area contributed by atoms with Crippen LogP contribution in [0.4, 0.5) is 5.69 Å². The molecule has 1 fully saturated rings. The van der Waals surface area contributed by atoms with Crippen molar-refractivity contribution in [3.05, 3.63) is 23.8 Å². The van der Waals surface area contributed by atoms with E-state index in [1.807, 2.05) is 6.92 Å². The molecule has 0 unspecified atom stereocenters. The Balaban J connectivity index is 2.21. The fraction of sp³-hybridized carbons (Fsp3) is 0.600. The lowest BCUT2D eigenvalue weighted by atomic mass is 9.84. The van der Waals surface area contributed by atoms with Gasteiger partial charge in [-0.3, -0.25) is 4.79 Å². The summed E-state index contributed by atoms with van der Waals surface area (Å²) in [6.45, 7) is 4.52. The molecule has 0 heterocycles. The Hall–Kier alpha value is -2.08. The normalized spacial score (nSPS) is 16.0. The van der Waals surface area contributed by atoms with Gasteiger partial charge in [0.25, 0.3) is 5.91 Å². The van der Waals surface area contributed by atoms with Crippen molar-refractivity contribution in [2.24, 2.45) is 0 Å². The second-order valence-corrected chi connectivity index (χ2v) is 6.49. The van der Waals surface area contributed by atoms with Crippen LogP contribution in [0.1, 0.15) is 62.7 Å². The topological polar surface area (TPSA) is 73.9 Å². The molecule has 6 nitrogen and oxygen atoms in total. The molecule has 0 bridgehead atoms. The third-order valence-electron chi connectivity index (χ3n) is 4.66. The zero-order valence-electron chi connectivity index (χ0n) is 15.9. The van der Waals surface area contributed by atoms with Crippen molar-refractivity contribution in [1.29, 1.82) is 0 Å². The maximum atomic E-state index is 12.8. The average molecular weight is 363 g/mol. The molecule has 0 spiro atoms. The first-order chi connectivity index (χ1) is 12.6. The molecule has 0 aromatic heterocycles. The number of methoxy groups -OCH3 is 1. The Labute approximate surface area is 155 Å². The van der Waals surface area contributed by atoms with Crippen LogP contribution >= 0.6 is 0 Å². The number of amides is 1. The van der Waals surface area contributed by atoms with E-state index in [2.05, 4.69) is 5.32 Å². The zero-order chi connectivity index (χ0) is 19.0. The minimum atomic E-state index is -0.792. The highest BCUT2D eigenvalue weighted by Gasteiger charge is 2.39. The Morgan fingerprint density at radius 1 is 1.15 bits per heavy atom. The molecule has 1 aliphatic carbocycles. The van der Waals surface area contributed by atoms with Gasteiger partial charge >= 0.3 is 5.97 Å². The minimum absolute atomic E-state index is 0.170. The summed E-state index contributed by atoms with van der Waals surface area (Å²) in [6, 6.07) is 5.03. The molecular weight excluding hydrogens is 334 g/mol. The molecule has 144 valence electrons. The standard InChI is InChI=1S/C20H29NO5/c1-4-13-26-17-10-9-15(14-16(17)18(22)25-5-2)21-19(23)20(24-3)11-7-6-8-12-20/h9-10,14H,4-8,11-13H2,1-3H3,(H,21,23). The Bertz CT molecular complexity index is 623. The third-order valence-corrected chi connectivity index (χ3v) is 4.66. The van der Waals surface area contributed by atoms with Crippen LogP contribution in [0.3, 0.4) is 0 Å². The summed E-state index contributed by atoms with van der Waals surface area (Å²) < 4.78 is 16.3. The lowest BCUT2D eigenvalue weighted by Gasteiger charge is -2.34. The van der Waals surface area contributed by atoms with E-state index in [-0.39, 0.29) is 12.5 Å². The van der Waals surface area contributed by atoms with Crippen molar-refractivity contribution in [3.63, 3.8) is 0 Å². The van der Waals surface area contributed by atoms with E-state index in [0.717, 1.165) is 25.7 Å². The Kier molecular flexibility index (Phi) is 7.45. The van der Waals surface area contributed by atoms with Gasteiger partial charge in [-0.05, 0) is 44.4 Å². The van der Waals surface area contributed by atoms with Gasteiger partial charge in [0, 0.05) is 12.8 Å². The van der Waals surface area contributed by atoms with E-state index in [1.165, 1.54) is 0 Å². The van der Waals surface area contributed by atoms with Gasteiger partial charge in [-0.15, -0.1) is 0 Å². The predicted octanol–water partition coefficient (Wildman–Crippen LogP) is 3.94. The number of esters is 1.